The van der Waals surface area contributed by atoms with Gasteiger partial charge in [-0.05, 0) is 19.8 Å². The van der Waals surface area contributed by atoms with Gasteiger partial charge in [-0.2, -0.15) is 0 Å². The van der Waals surface area contributed by atoms with E-state index < -0.39 is 0 Å². The SMILES string of the molecule is Cc1csc(NC(=O)C2CCN(C(=O)C(C)(C)C)CC2)n1. The Kier molecular flexibility index (Phi) is 4.66. The van der Waals surface area contributed by atoms with Crippen LogP contribution in [0, 0.1) is 18.3 Å². The third-order valence-electron chi connectivity index (χ3n) is 3.64. The summed E-state index contributed by atoms with van der Waals surface area (Å²) in [4.78, 5) is 30.5. The van der Waals surface area contributed by atoms with E-state index in [4.69, 9.17) is 0 Å². The minimum Gasteiger partial charge on any atom is -0.342 e. The third kappa shape index (κ3) is 4.03. The maximum Gasteiger partial charge on any atom is 0.229 e. The van der Waals surface area contributed by atoms with Gasteiger partial charge in [0.15, 0.2) is 5.13 Å². The molecular formula is C15H23N3O2S. The van der Waals surface area contributed by atoms with Crippen LogP contribution in [0.25, 0.3) is 0 Å². The number of hydrogen-bond donors (Lipinski definition) is 1. The van der Waals surface area contributed by atoms with E-state index in [1.165, 1.54) is 11.3 Å². The van der Waals surface area contributed by atoms with E-state index in [1.54, 1.807) is 0 Å². The first-order valence-electron chi connectivity index (χ1n) is 7.30. The fourth-order valence-corrected chi connectivity index (χ4v) is 3.13. The van der Waals surface area contributed by atoms with Gasteiger partial charge in [0.1, 0.15) is 0 Å². The summed E-state index contributed by atoms with van der Waals surface area (Å²) in [6.45, 7) is 9.01. The van der Waals surface area contributed by atoms with Crippen LogP contribution < -0.4 is 5.32 Å². The van der Waals surface area contributed by atoms with Gasteiger partial charge in [-0.3, -0.25) is 9.59 Å². The number of amides is 2. The van der Waals surface area contributed by atoms with Gasteiger partial charge in [-0.25, -0.2) is 4.98 Å². The largest absolute Gasteiger partial charge is 0.342 e. The van der Waals surface area contributed by atoms with Crippen molar-refractivity contribution in [3.05, 3.63) is 11.1 Å². The molecule has 0 aromatic carbocycles. The zero-order chi connectivity index (χ0) is 15.6. The summed E-state index contributed by atoms with van der Waals surface area (Å²) in [5, 5.41) is 5.45. The van der Waals surface area contributed by atoms with Crippen LogP contribution in [0.1, 0.15) is 39.3 Å². The number of aryl methyl sites for hydroxylation is 1. The smallest absolute Gasteiger partial charge is 0.229 e. The molecule has 1 N–H and O–H groups in total. The summed E-state index contributed by atoms with van der Waals surface area (Å²) in [5.41, 5.74) is 0.564. The molecule has 2 amide bonds. The molecule has 0 aliphatic carbocycles. The van der Waals surface area contributed by atoms with E-state index in [9.17, 15) is 9.59 Å². The zero-order valence-corrected chi connectivity index (χ0v) is 13.9. The van der Waals surface area contributed by atoms with Crippen LogP contribution in [0.15, 0.2) is 5.38 Å². The normalized spacial score (nSPS) is 16.9. The first-order valence-corrected chi connectivity index (χ1v) is 8.17. The molecule has 0 spiro atoms. The highest BCUT2D eigenvalue weighted by Crippen LogP contribution is 2.25. The first kappa shape index (κ1) is 15.9. The lowest BCUT2D eigenvalue weighted by atomic mass is 9.91. The Morgan fingerprint density at radius 2 is 1.95 bits per heavy atom. The van der Waals surface area contributed by atoms with Crippen LogP contribution >= 0.6 is 11.3 Å². The number of thiazole rings is 1. The van der Waals surface area contributed by atoms with Crippen LogP contribution in [-0.2, 0) is 9.59 Å². The number of rotatable bonds is 2. The fraction of sp³-hybridized carbons (Fsp3) is 0.667. The van der Waals surface area contributed by atoms with Crippen molar-refractivity contribution in [2.45, 2.75) is 40.5 Å². The molecular weight excluding hydrogens is 286 g/mol. The lowest BCUT2D eigenvalue weighted by Gasteiger charge is -2.35. The molecule has 1 saturated heterocycles. The number of nitrogens with one attached hydrogen (secondary N) is 1. The molecule has 21 heavy (non-hydrogen) atoms. The molecule has 0 saturated carbocycles. The Bertz CT molecular complexity index is 525. The molecule has 6 heteroatoms. The van der Waals surface area contributed by atoms with Gasteiger partial charge >= 0.3 is 0 Å². The van der Waals surface area contributed by atoms with Gasteiger partial charge < -0.3 is 10.2 Å². The molecule has 1 aliphatic heterocycles. The molecule has 0 radical (unpaired) electrons. The van der Waals surface area contributed by atoms with Gasteiger partial charge in [0.2, 0.25) is 11.8 Å². The van der Waals surface area contributed by atoms with Crippen molar-refractivity contribution >= 4 is 28.3 Å². The second kappa shape index (κ2) is 6.13. The zero-order valence-electron chi connectivity index (χ0n) is 13.1. The number of aromatic nitrogens is 1. The van der Waals surface area contributed by atoms with Crippen LogP contribution in [0.5, 0.6) is 0 Å². The van der Waals surface area contributed by atoms with Crippen molar-refractivity contribution in [3.8, 4) is 0 Å². The van der Waals surface area contributed by atoms with Gasteiger partial charge in [-0.15, -0.1) is 11.3 Å². The summed E-state index contributed by atoms with van der Waals surface area (Å²) >= 11 is 1.44. The van der Waals surface area contributed by atoms with Crippen LogP contribution in [0.2, 0.25) is 0 Å². The maximum absolute atomic E-state index is 12.2. The number of likely N-dealkylation sites (tertiary alicyclic amines) is 1. The Morgan fingerprint density at radius 1 is 1.33 bits per heavy atom. The van der Waals surface area contributed by atoms with Gasteiger partial charge in [0.05, 0.1) is 5.69 Å². The molecule has 1 aromatic heterocycles. The highest BCUT2D eigenvalue weighted by atomic mass is 32.1. The monoisotopic (exact) mass is 309 g/mol. The minimum atomic E-state index is -0.354. The highest BCUT2D eigenvalue weighted by molar-refractivity contribution is 7.13. The van der Waals surface area contributed by atoms with Crippen molar-refractivity contribution in [2.75, 3.05) is 18.4 Å². The topological polar surface area (TPSA) is 62.3 Å². The average Bonchev–Trinajstić information content (AvgIpc) is 2.82. The highest BCUT2D eigenvalue weighted by Gasteiger charge is 2.32. The molecule has 116 valence electrons. The Morgan fingerprint density at radius 3 is 2.43 bits per heavy atom. The van der Waals surface area contributed by atoms with E-state index in [2.05, 4.69) is 10.3 Å². The number of carbonyl (C=O) groups excluding carboxylic acids is 2. The van der Waals surface area contributed by atoms with Gasteiger partial charge in [0.25, 0.3) is 0 Å². The van der Waals surface area contributed by atoms with E-state index in [-0.39, 0.29) is 23.1 Å². The van der Waals surface area contributed by atoms with E-state index >= 15 is 0 Å². The number of carbonyl (C=O) groups is 2. The molecule has 2 rings (SSSR count). The molecule has 5 nitrogen and oxygen atoms in total. The summed E-state index contributed by atoms with van der Waals surface area (Å²) in [5.74, 6) is 0.155. The van der Waals surface area contributed by atoms with Crippen molar-refractivity contribution in [3.63, 3.8) is 0 Å². The van der Waals surface area contributed by atoms with Crippen molar-refractivity contribution in [2.24, 2.45) is 11.3 Å². The summed E-state index contributed by atoms with van der Waals surface area (Å²) in [6, 6.07) is 0. The van der Waals surface area contributed by atoms with E-state index in [0.717, 1.165) is 18.5 Å². The predicted octanol–water partition coefficient (Wildman–Crippen LogP) is 2.67. The standard InChI is InChI=1S/C15H23N3O2S/c1-10-9-21-14(16-10)17-12(19)11-5-7-18(8-6-11)13(20)15(2,3)4/h9,11H,5-8H2,1-4H3,(H,16,17,19). The molecule has 0 atom stereocenters. The molecule has 0 bridgehead atoms. The van der Waals surface area contributed by atoms with E-state index in [1.807, 2.05) is 38.0 Å². The number of nitrogens with zero attached hydrogens (tertiary/aromatic N) is 2. The quantitative estimate of drug-likeness (QED) is 0.913. The number of hydrogen-bond acceptors (Lipinski definition) is 4. The van der Waals surface area contributed by atoms with Gasteiger partial charge in [-0.1, -0.05) is 20.8 Å². The average molecular weight is 309 g/mol. The Balaban J connectivity index is 1.86. The molecule has 0 unspecified atom stereocenters. The van der Waals surface area contributed by atoms with Gasteiger partial charge in [0, 0.05) is 29.8 Å². The fourth-order valence-electron chi connectivity index (χ4n) is 2.44. The van der Waals surface area contributed by atoms with Crippen molar-refractivity contribution in [1.29, 1.82) is 0 Å². The molecule has 2 heterocycles. The lowest BCUT2D eigenvalue weighted by molar-refractivity contribution is -0.142. The number of piperidine rings is 1. The maximum atomic E-state index is 12.2. The molecule has 1 fully saturated rings. The summed E-state index contributed by atoms with van der Waals surface area (Å²) in [6.07, 6.45) is 1.44. The predicted molar refractivity (Wildman–Crippen MR) is 84.2 cm³/mol. The summed E-state index contributed by atoms with van der Waals surface area (Å²) < 4.78 is 0. The second-order valence-electron chi connectivity index (χ2n) is 6.60. The van der Waals surface area contributed by atoms with Crippen LogP contribution in [0.4, 0.5) is 5.13 Å². The lowest BCUT2D eigenvalue weighted by Crippen LogP contribution is -2.45. The Hall–Kier alpha value is -1.43. The summed E-state index contributed by atoms with van der Waals surface area (Å²) in [7, 11) is 0. The molecule has 1 aliphatic rings. The number of anilines is 1. The second-order valence-corrected chi connectivity index (χ2v) is 7.46. The van der Waals surface area contributed by atoms with Crippen molar-refractivity contribution in [1.82, 2.24) is 9.88 Å². The van der Waals surface area contributed by atoms with Crippen LogP contribution in [-0.4, -0.2) is 34.8 Å². The van der Waals surface area contributed by atoms with E-state index in [0.29, 0.717) is 18.2 Å². The Labute approximate surface area is 129 Å². The third-order valence-corrected chi connectivity index (χ3v) is 4.52. The van der Waals surface area contributed by atoms with Crippen molar-refractivity contribution < 1.29 is 9.59 Å². The minimum absolute atomic E-state index is 0.0206. The van der Waals surface area contributed by atoms with Crippen LogP contribution in [0.3, 0.4) is 0 Å². The molecule has 1 aromatic rings. The first-order chi connectivity index (χ1) is 9.77.